The van der Waals surface area contributed by atoms with Crippen molar-refractivity contribution in [3.63, 3.8) is 0 Å². The Morgan fingerprint density at radius 1 is 1.36 bits per heavy atom. The van der Waals surface area contributed by atoms with Gasteiger partial charge in [-0.3, -0.25) is 4.79 Å². The van der Waals surface area contributed by atoms with Crippen LogP contribution in [0.1, 0.15) is 45.1 Å². The van der Waals surface area contributed by atoms with Gasteiger partial charge in [-0.25, -0.2) is 4.98 Å². The molecule has 1 aromatic heterocycles. The molecule has 1 aliphatic rings. The van der Waals surface area contributed by atoms with Gasteiger partial charge in [0.2, 0.25) is 5.91 Å². The van der Waals surface area contributed by atoms with E-state index in [0.29, 0.717) is 38.2 Å². The van der Waals surface area contributed by atoms with Crippen LogP contribution in [0.2, 0.25) is 0 Å². The SMILES string of the molecule is CCCC(C)(N)C(=O)NC1CCN(c2ccc(C(F)(F)F)cn2)CC1. The second-order valence-electron chi connectivity index (χ2n) is 6.81. The van der Waals surface area contributed by atoms with Gasteiger partial charge in [-0.2, -0.15) is 13.2 Å². The number of rotatable bonds is 5. The highest BCUT2D eigenvalue weighted by molar-refractivity contribution is 5.85. The Hall–Kier alpha value is -1.83. The molecule has 1 unspecified atom stereocenters. The molecule has 1 saturated heterocycles. The predicted octanol–water partition coefficient (Wildman–Crippen LogP) is 2.70. The van der Waals surface area contributed by atoms with Gasteiger partial charge in [-0.1, -0.05) is 13.3 Å². The first-order valence-electron chi connectivity index (χ1n) is 8.51. The number of pyridine rings is 1. The summed E-state index contributed by atoms with van der Waals surface area (Å²) < 4.78 is 37.7. The van der Waals surface area contributed by atoms with Crippen molar-refractivity contribution in [2.45, 2.75) is 57.3 Å². The van der Waals surface area contributed by atoms with Crippen molar-refractivity contribution in [1.82, 2.24) is 10.3 Å². The molecule has 1 aromatic rings. The Balaban J connectivity index is 1.88. The average molecular weight is 358 g/mol. The van der Waals surface area contributed by atoms with Crippen LogP contribution < -0.4 is 16.0 Å². The van der Waals surface area contributed by atoms with Crippen LogP contribution in [-0.4, -0.2) is 35.6 Å². The first-order valence-corrected chi connectivity index (χ1v) is 8.51. The standard InChI is InChI=1S/C17H25F3N4O/c1-3-8-16(2,21)15(25)23-13-6-9-24(10-7-13)14-5-4-12(11-22-14)17(18,19)20/h4-5,11,13H,3,6-10,21H2,1-2H3,(H,23,25). The third-order valence-corrected chi connectivity index (χ3v) is 4.52. The lowest BCUT2D eigenvalue weighted by molar-refractivity contribution is -0.137. The normalized spacial score (nSPS) is 18.7. The second kappa shape index (κ2) is 7.59. The van der Waals surface area contributed by atoms with Crippen LogP contribution in [-0.2, 0) is 11.0 Å². The number of nitrogens with one attached hydrogen (secondary N) is 1. The van der Waals surface area contributed by atoms with Crippen LogP contribution in [0.15, 0.2) is 18.3 Å². The predicted molar refractivity (Wildman–Crippen MR) is 90.1 cm³/mol. The van der Waals surface area contributed by atoms with E-state index in [1.807, 2.05) is 11.8 Å². The fraction of sp³-hybridized carbons (Fsp3) is 0.647. The third kappa shape index (κ3) is 5.07. The first kappa shape index (κ1) is 19.5. The maximum Gasteiger partial charge on any atom is 0.417 e. The summed E-state index contributed by atoms with van der Waals surface area (Å²) in [5.41, 5.74) is 4.40. The van der Waals surface area contributed by atoms with Crippen molar-refractivity contribution in [3.8, 4) is 0 Å². The molecular weight excluding hydrogens is 333 g/mol. The monoisotopic (exact) mass is 358 g/mol. The maximum atomic E-state index is 12.6. The number of nitrogens with two attached hydrogens (primary N) is 1. The number of halogens is 3. The summed E-state index contributed by atoms with van der Waals surface area (Å²) >= 11 is 0. The summed E-state index contributed by atoms with van der Waals surface area (Å²) in [5.74, 6) is 0.368. The van der Waals surface area contributed by atoms with E-state index in [2.05, 4.69) is 10.3 Å². The van der Waals surface area contributed by atoms with Crippen molar-refractivity contribution in [2.75, 3.05) is 18.0 Å². The van der Waals surface area contributed by atoms with Crippen LogP contribution in [0, 0.1) is 0 Å². The van der Waals surface area contributed by atoms with Gasteiger partial charge in [-0.05, 0) is 38.3 Å². The molecule has 140 valence electrons. The van der Waals surface area contributed by atoms with Crippen molar-refractivity contribution in [1.29, 1.82) is 0 Å². The smallest absolute Gasteiger partial charge is 0.356 e. The highest BCUT2D eigenvalue weighted by Gasteiger charge is 2.32. The number of hydrogen-bond acceptors (Lipinski definition) is 4. The quantitative estimate of drug-likeness (QED) is 0.849. The molecule has 1 amide bonds. The van der Waals surface area contributed by atoms with Gasteiger partial charge < -0.3 is 16.0 Å². The summed E-state index contributed by atoms with van der Waals surface area (Å²) in [6.07, 6.45) is -0.664. The molecule has 8 heteroatoms. The molecule has 0 aliphatic carbocycles. The summed E-state index contributed by atoms with van der Waals surface area (Å²) in [6.45, 7) is 4.96. The largest absolute Gasteiger partial charge is 0.417 e. The highest BCUT2D eigenvalue weighted by atomic mass is 19.4. The molecule has 2 rings (SSSR count). The lowest BCUT2D eigenvalue weighted by Crippen LogP contribution is -2.55. The maximum absolute atomic E-state index is 12.6. The number of nitrogens with zero attached hydrogens (tertiary/aromatic N) is 2. The number of carbonyl (C=O) groups excluding carboxylic acids is 1. The van der Waals surface area contributed by atoms with E-state index in [9.17, 15) is 18.0 Å². The third-order valence-electron chi connectivity index (χ3n) is 4.52. The van der Waals surface area contributed by atoms with E-state index < -0.39 is 17.3 Å². The van der Waals surface area contributed by atoms with E-state index in [-0.39, 0.29) is 11.9 Å². The molecule has 1 fully saturated rings. The van der Waals surface area contributed by atoms with Gasteiger partial charge in [0, 0.05) is 25.3 Å². The Morgan fingerprint density at radius 2 is 2.00 bits per heavy atom. The van der Waals surface area contributed by atoms with Crippen LogP contribution in [0.3, 0.4) is 0 Å². The van der Waals surface area contributed by atoms with Gasteiger partial charge in [0.05, 0.1) is 11.1 Å². The molecule has 2 heterocycles. The lowest BCUT2D eigenvalue weighted by atomic mass is 9.95. The molecule has 25 heavy (non-hydrogen) atoms. The average Bonchev–Trinajstić information content (AvgIpc) is 2.55. The molecule has 0 spiro atoms. The van der Waals surface area contributed by atoms with Gasteiger partial charge in [0.1, 0.15) is 5.82 Å². The Labute approximate surface area is 145 Å². The van der Waals surface area contributed by atoms with Gasteiger partial charge in [0.25, 0.3) is 0 Å². The summed E-state index contributed by atoms with van der Waals surface area (Å²) in [4.78, 5) is 18.1. The summed E-state index contributed by atoms with van der Waals surface area (Å²) in [5, 5.41) is 2.99. The molecule has 0 saturated carbocycles. The number of piperidine rings is 1. The highest BCUT2D eigenvalue weighted by Crippen LogP contribution is 2.29. The van der Waals surface area contributed by atoms with Crippen LogP contribution >= 0.6 is 0 Å². The molecule has 1 aliphatic heterocycles. The van der Waals surface area contributed by atoms with E-state index in [1.165, 1.54) is 6.07 Å². The molecule has 0 aromatic carbocycles. The minimum Gasteiger partial charge on any atom is -0.356 e. The number of carbonyl (C=O) groups is 1. The first-order chi connectivity index (χ1) is 11.6. The van der Waals surface area contributed by atoms with Crippen molar-refractivity contribution in [2.24, 2.45) is 5.73 Å². The number of hydrogen-bond donors (Lipinski definition) is 2. The summed E-state index contributed by atoms with van der Waals surface area (Å²) in [7, 11) is 0. The lowest BCUT2D eigenvalue weighted by Gasteiger charge is -2.35. The molecular formula is C17H25F3N4O. The zero-order valence-corrected chi connectivity index (χ0v) is 14.6. The minimum absolute atomic E-state index is 0.0259. The number of anilines is 1. The van der Waals surface area contributed by atoms with E-state index in [0.717, 1.165) is 18.7 Å². The van der Waals surface area contributed by atoms with Crippen molar-refractivity contribution in [3.05, 3.63) is 23.9 Å². The number of alkyl halides is 3. The fourth-order valence-corrected chi connectivity index (χ4v) is 2.98. The molecule has 0 bridgehead atoms. The number of aromatic nitrogens is 1. The van der Waals surface area contributed by atoms with E-state index in [1.54, 1.807) is 6.92 Å². The Morgan fingerprint density at radius 3 is 2.48 bits per heavy atom. The zero-order valence-electron chi connectivity index (χ0n) is 14.6. The van der Waals surface area contributed by atoms with Crippen LogP contribution in [0.5, 0.6) is 0 Å². The van der Waals surface area contributed by atoms with Gasteiger partial charge in [-0.15, -0.1) is 0 Å². The zero-order chi connectivity index (χ0) is 18.7. The van der Waals surface area contributed by atoms with E-state index in [4.69, 9.17) is 5.73 Å². The Kier molecular flexibility index (Phi) is 5.92. The molecule has 1 atom stereocenters. The topological polar surface area (TPSA) is 71.2 Å². The molecule has 0 radical (unpaired) electrons. The van der Waals surface area contributed by atoms with Crippen molar-refractivity contribution < 1.29 is 18.0 Å². The van der Waals surface area contributed by atoms with Crippen LogP contribution in [0.25, 0.3) is 0 Å². The summed E-state index contributed by atoms with van der Waals surface area (Å²) in [6, 6.07) is 2.46. The van der Waals surface area contributed by atoms with Crippen LogP contribution in [0.4, 0.5) is 19.0 Å². The number of amides is 1. The van der Waals surface area contributed by atoms with Gasteiger partial charge >= 0.3 is 6.18 Å². The molecule has 3 N–H and O–H groups in total. The van der Waals surface area contributed by atoms with Crippen molar-refractivity contribution >= 4 is 11.7 Å². The molecule has 5 nitrogen and oxygen atoms in total. The Bertz CT molecular complexity index is 579. The van der Waals surface area contributed by atoms with E-state index >= 15 is 0 Å². The fourth-order valence-electron chi connectivity index (χ4n) is 2.98. The minimum atomic E-state index is -4.38. The second-order valence-corrected chi connectivity index (χ2v) is 6.81. The van der Waals surface area contributed by atoms with Gasteiger partial charge in [0.15, 0.2) is 0 Å².